The smallest absolute Gasteiger partial charge is 0.190 e. The maximum Gasteiger partial charge on any atom is 0.190 e. The summed E-state index contributed by atoms with van der Waals surface area (Å²) in [4.78, 5) is 4.19. The molecule has 0 radical (unpaired) electrons. The molecule has 0 spiro atoms. The normalized spacial score (nSPS) is 11.4. The number of rotatable bonds is 10. The molecule has 0 heterocycles. The van der Waals surface area contributed by atoms with Crippen molar-refractivity contribution in [2.24, 2.45) is 4.99 Å². The molecule has 1 rings (SSSR count). The van der Waals surface area contributed by atoms with Gasteiger partial charge in [0.25, 0.3) is 0 Å². The van der Waals surface area contributed by atoms with Crippen LogP contribution in [0.15, 0.2) is 35.3 Å². The van der Waals surface area contributed by atoms with Crippen LogP contribution in [0.25, 0.3) is 0 Å². The van der Waals surface area contributed by atoms with Gasteiger partial charge >= 0.3 is 0 Å². The summed E-state index contributed by atoms with van der Waals surface area (Å²) in [7, 11) is 1.80. The Hall–Kier alpha value is -1.55. The lowest BCUT2D eigenvalue weighted by molar-refractivity contribution is 0.135. The van der Waals surface area contributed by atoms with E-state index in [1.165, 1.54) is 18.4 Å². The van der Waals surface area contributed by atoms with Crippen molar-refractivity contribution >= 4 is 5.96 Å². The Morgan fingerprint density at radius 2 is 1.76 bits per heavy atom. The molecule has 0 saturated heterocycles. The van der Waals surface area contributed by atoms with Crippen LogP contribution in [0.4, 0.5) is 0 Å². The first-order chi connectivity index (χ1) is 10.4. The Kier molecular flexibility index (Phi) is 10.2. The molecule has 0 fully saturated rings. The molecule has 0 aliphatic rings. The van der Waals surface area contributed by atoms with Crippen LogP contribution < -0.4 is 10.6 Å². The highest BCUT2D eigenvalue weighted by Crippen LogP contribution is 1.99. The number of nitrogens with one attached hydrogen (secondary N) is 2. The molecule has 118 valence electrons. The van der Waals surface area contributed by atoms with E-state index in [0.717, 1.165) is 45.1 Å². The van der Waals surface area contributed by atoms with E-state index >= 15 is 0 Å². The number of benzene rings is 1. The van der Waals surface area contributed by atoms with Gasteiger partial charge in [0, 0.05) is 26.7 Å². The molecule has 0 aliphatic carbocycles. The Balaban J connectivity index is 1.96. The predicted molar refractivity (Wildman–Crippen MR) is 89.9 cm³/mol. The second kappa shape index (κ2) is 12.2. The number of ether oxygens (including phenoxy) is 1. The fourth-order valence-electron chi connectivity index (χ4n) is 1.92. The molecule has 4 nitrogen and oxygen atoms in total. The Labute approximate surface area is 129 Å². The Bertz CT molecular complexity index is 379. The average molecular weight is 291 g/mol. The first-order valence-electron chi connectivity index (χ1n) is 7.93. The second-order valence-corrected chi connectivity index (χ2v) is 4.98. The summed E-state index contributed by atoms with van der Waals surface area (Å²) in [6.07, 6.45) is 4.33. The lowest BCUT2D eigenvalue weighted by Crippen LogP contribution is -2.38. The summed E-state index contributed by atoms with van der Waals surface area (Å²) < 4.78 is 5.65. The van der Waals surface area contributed by atoms with E-state index < -0.39 is 0 Å². The average Bonchev–Trinajstić information content (AvgIpc) is 2.53. The van der Waals surface area contributed by atoms with Crippen molar-refractivity contribution in [3.63, 3.8) is 0 Å². The lowest BCUT2D eigenvalue weighted by Gasteiger charge is -2.11. The third kappa shape index (κ3) is 9.08. The Morgan fingerprint density at radius 1 is 1.05 bits per heavy atom. The third-order valence-electron chi connectivity index (χ3n) is 3.18. The molecule has 0 saturated carbocycles. The molecular weight excluding hydrogens is 262 g/mol. The molecule has 4 heteroatoms. The number of guanidine groups is 1. The summed E-state index contributed by atoms with van der Waals surface area (Å²) in [5, 5.41) is 6.59. The van der Waals surface area contributed by atoms with Crippen molar-refractivity contribution in [2.75, 3.05) is 33.4 Å². The van der Waals surface area contributed by atoms with Gasteiger partial charge in [0.05, 0.1) is 6.61 Å². The molecule has 1 aromatic rings. The van der Waals surface area contributed by atoms with Gasteiger partial charge in [-0.1, -0.05) is 43.7 Å². The topological polar surface area (TPSA) is 45.7 Å². The standard InChI is InChI=1S/C17H29N3O/c1-3-4-12-19-17(18-2)20-13-8-14-21-15-11-16-9-6-5-7-10-16/h5-7,9-10H,3-4,8,11-15H2,1-2H3,(H2,18,19,20). The van der Waals surface area contributed by atoms with E-state index in [9.17, 15) is 0 Å². The first-order valence-corrected chi connectivity index (χ1v) is 7.93. The van der Waals surface area contributed by atoms with E-state index in [4.69, 9.17) is 4.74 Å². The van der Waals surface area contributed by atoms with Gasteiger partial charge in [-0.25, -0.2) is 0 Å². The number of hydrogen-bond donors (Lipinski definition) is 2. The van der Waals surface area contributed by atoms with E-state index in [2.05, 4.69) is 46.8 Å². The van der Waals surface area contributed by atoms with E-state index in [0.29, 0.717) is 0 Å². The number of nitrogens with zero attached hydrogens (tertiary/aromatic N) is 1. The highest BCUT2D eigenvalue weighted by molar-refractivity contribution is 5.79. The van der Waals surface area contributed by atoms with E-state index in [-0.39, 0.29) is 0 Å². The van der Waals surface area contributed by atoms with Crippen molar-refractivity contribution in [2.45, 2.75) is 32.6 Å². The van der Waals surface area contributed by atoms with Gasteiger partial charge in [-0.15, -0.1) is 0 Å². The highest BCUT2D eigenvalue weighted by Gasteiger charge is 1.96. The number of aliphatic imine (C=N–C) groups is 1. The SMILES string of the molecule is CCCCNC(=NC)NCCCOCCc1ccccc1. The van der Waals surface area contributed by atoms with Crippen molar-refractivity contribution in [1.82, 2.24) is 10.6 Å². The Morgan fingerprint density at radius 3 is 2.43 bits per heavy atom. The van der Waals surface area contributed by atoms with E-state index in [1.54, 1.807) is 7.05 Å². The second-order valence-electron chi connectivity index (χ2n) is 4.98. The third-order valence-corrected chi connectivity index (χ3v) is 3.18. The summed E-state index contributed by atoms with van der Waals surface area (Å²) in [5.74, 6) is 0.882. The highest BCUT2D eigenvalue weighted by atomic mass is 16.5. The maximum absolute atomic E-state index is 5.65. The minimum absolute atomic E-state index is 0.784. The van der Waals surface area contributed by atoms with Gasteiger partial charge in [0.1, 0.15) is 0 Å². The zero-order valence-electron chi connectivity index (χ0n) is 13.4. The van der Waals surface area contributed by atoms with Gasteiger partial charge in [-0.05, 0) is 24.8 Å². The predicted octanol–water partition coefficient (Wildman–Crippen LogP) is 2.60. The maximum atomic E-state index is 5.65. The molecule has 21 heavy (non-hydrogen) atoms. The lowest BCUT2D eigenvalue weighted by atomic mass is 10.2. The molecular formula is C17H29N3O. The molecule has 0 aliphatic heterocycles. The van der Waals surface area contributed by atoms with Crippen LogP contribution in [-0.2, 0) is 11.2 Å². The van der Waals surface area contributed by atoms with Crippen LogP contribution >= 0.6 is 0 Å². The minimum atomic E-state index is 0.784. The van der Waals surface area contributed by atoms with Crippen molar-refractivity contribution < 1.29 is 4.74 Å². The summed E-state index contributed by atoms with van der Waals surface area (Å²) >= 11 is 0. The molecule has 1 aromatic carbocycles. The zero-order chi connectivity index (χ0) is 15.2. The van der Waals surface area contributed by atoms with Crippen molar-refractivity contribution in [1.29, 1.82) is 0 Å². The summed E-state index contributed by atoms with van der Waals surface area (Å²) in [6, 6.07) is 10.4. The van der Waals surface area contributed by atoms with Crippen LogP contribution in [0, 0.1) is 0 Å². The molecule has 0 aromatic heterocycles. The molecule has 0 atom stereocenters. The van der Waals surface area contributed by atoms with Crippen molar-refractivity contribution in [3.8, 4) is 0 Å². The summed E-state index contributed by atoms with van der Waals surface area (Å²) in [5.41, 5.74) is 1.33. The molecule has 2 N–H and O–H groups in total. The quantitative estimate of drug-likeness (QED) is 0.396. The number of hydrogen-bond acceptors (Lipinski definition) is 2. The van der Waals surface area contributed by atoms with Gasteiger partial charge < -0.3 is 15.4 Å². The van der Waals surface area contributed by atoms with Crippen LogP contribution in [-0.4, -0.2) is 39.3 Å². The zero-order valence-corrected chi connectivity index (χ0v) is 13.4. The van der Waals surface area contributed by atoms with Crippen LogP contribution in [0.3, 0.4) is 0 Å². The van der Waals surface area contributed by atoms with Gasteiger partial charge in [-0.2, -0.15) is 0 Å². The molecule has 0 bridgehead atoms. The van der Waals surface area contributed by atoms with Gasteiger partial charge in [0.15, 0.2) is 5.96 Å². The first kappa shape index (κ1) is 17.5. The fourth-order valence-corrected chi connectivity index (χ4v) is 1.92. The van der Waals surface area contributed by atoms with Crippen LogP contribution in [0.5, 0.6) is 0 Å². The number of unbranched alkanes of at least 4 members (excludes halogenated alkanes) is 1. The fraction of sp³-hybridized carbons (Fsp3) is 0.588. The van der Waals surface area contributed by atoms with E-state index in [1.807, 2.05) is 6.07 Å². The van der Waals surface area contributed by atoms with Crippen molar-refractivity contribution in [3.05, 3.63) is 35.9 Å². The van der Waals surface area contributed by atoms with Crippen LogP contribution in [0.2, 0.25) is 0 Å². The molecule has 0 unspecified atom stereocenters. The summed E-state index contributed by atoms with van der Waals surface area (Å²) in [6.45, 7) is 5.62. The van der Waals surface area contributed by atoms with Crippen LogP contribution in [0.1, 0.15) is 31.7 Å². The minimum Gasteiger partial charge on any atom is -0.381 e. The van der Waals surface area contributed by atoms with Gasteiger partial charge in [-0.3, -0.25) is 4.99 Å². The largest absolute Gasteiger partial charge is 0.381 e. The molecule has 0 amide bonds. The monoisotopic (exact) mass is 291 g/mol. The van der Waals surface area contributed by atoms with Gasteiger partial charge in [0.2, 0.25) is 0 Å².